The van der Waals surface area contributed by atoms with Crippen LogP contribution in [0.2, 0.25) is 0 Å². The van der Waals surface area contributed by atoms with E-state index < -0.39 is 0 Å². The van der Waals surface area contributed by atoms with Crippen LogP contribution in [-0.2, 0) is 12.8 Å². The van der Waals surface area contributed by atoms with Gasteiger partial charge in [0.1, 0.15) is 11.9 Å². The van der Waals surface area contributed by atoms with Crippen LogP contribution in [0.1, 0.15) is 46.8 Å². The molecule has 1 aromatic heterocycles. The Morgan fingerprint density at radius 2 is 2.00 bits per heavy atom. The Kier molecular flexibility index (Phi) is 4.32. The number of aryl methyl sites for hydroxylation is 3. The van der Waals surface area contributed by atoms with Gasteiger partial charge in [-0.3, -0.25) is 0 Å². The lowest BCUT2D eigenvalue weighted by atomic mass is 10.1. The van der Waals surface area contributed by atoms with Gasteiger partial charge in [0.05, 0.1) is 0 Å². The summed E-state index contributed by atoms with van der Waals surface area (Å²) < 4.78 is 6.28. The highest BCUT2D eigenvalue weighted by molar-refractivity contribution is 7.12. The van der Waals surface area contributed by atoms with Crippen molar-refractivity contribution in [3.8, 4) is 5.75 Å². The maximum absolute atomic E-state index is 6.30. The first kappa shape index (κ1) is 14.6. The van der Waals surface area contributed by atoms with E-state index in [1.54, 1.807) is 11.3 Å². The molecule has 1 aliphatic carbocycles. The van der Waals surface area contributed by atoms with Gasteiger partial charge in [-0.25, -0.2) is 0 Å². The molecule has 1 heterocycles. The van der Waals surface area contributed by atoms with Crippen LogP contribution in [0.15, 0.2) is 30.3 Å². The average molecular weight is 301 g/mol. The zero-order valence-corrected chi connectivity index (χ0v) is 13.6. The lowest BCUT2D eigenvalue weighted by Crippen LogP contribution is -2.30. The molecule has 0 bridgehead atoms. The quantitative estimate of drug-likeness (QED) is 0.888. The van der Waals surface area contributed by atoms with Gasteiger partial charge in [0.2, 0.25) is 0 Å². The zero-order valence-electron chi connectivity index (χ0n) is 12.8. The van der Waals surface area contributed by atoms with Crippen molar-refractivity contribution in [2.75, 3.05) is 0 Å². The fourth-order valence-corrected chi connectivity index (χ4v) is 3.93. The van der Waals surface area contributed by atoms with E-state index in [1.807, 2.05) is 0 Å². The number of ether oxygens (including phenoxy) is 1. The molecule has 21 heavy (non-hydrogen) atoms. The molecule has 3 rings (SSSR count). The van der Waals surface area contributed by atoms with Crippen LogP contribution in [-0.4, -0.2) is 6.04 Å². The van der Waals surface area contributed by atoms with E-state index in [0.29, 0.717) is 0 Å². The Morgan fingerprint density at radius 3 is 2.71 bits per heavy atom. The molecule has 2 N–H and O–H groups in total. The van der Waals surface area contributed by atoms with Crippen LogP contribution in [0.4, 0.5) is 0 Å². The summed E-state index contributed by atoms with van der Waals surface area (Å²) >= 11 is 1.78. The van der Waals surface area contributed by atoms with Gasteiger partial charge in [-0.15, -0.1) is 11.3 Å². The van der Waals surface area contributed by atoms with Crippen molar-refractivity contribution in [3.63, 3.8) is 0 Å². The minimum absolute atomic E-state index is 0.0244. The van der Waals surface area contributed by atoms with E-state index in [1.165, 1.54) is 40.1 Å². The van der Waals surface area contributed by atoms with Crippen molar-refractivity contribution in [2.45, 2.75) is 51.7 Å². The van der Waals surface area contributed by atoms with E-state index in [4.69, 9.17) is 10.5 Å². The van der Waals surface area contributed by atoms with E-state index in [9.17, 15) is 0 Å². The molecular formula is C18H23NOS. The van der Waals surface area contributed by atoms with Crippen LogP contribution in [0.5, 0.6) is 5.75 Å². The number of fused-ring (bicyclic) bond motifs is 1. The SMILES string of the molecule is CCC(N)C(Oc1ccc2c(c1)CCC2)c1ccc(C)s1. The summed E-state index contributed by atoms with van der Waals surface area (Å²) in [6.45, 7) is 4.24. The van der Waals surface area contributed by atoms with Gasteiger partial charge >= 0.3 is 0 Å². The number of hydrogen-bond donors (Lipinski definition) is 1. The number of benzene rings is 1. The first-order valence-corrected chi connectivity index (χ1v) is 8.59. The summed E-state index contributed by atoms with van der Waals surface area (Å²) in [4.78, 5) is 2.53. The highest BCUT2D eigenvalue weighted by Gasteiger charge is 2.23. The molecule has 112 valence electrons. The van der Waals surface area contributed by atoms with Crippen molar-refractivity contribution in [3.05, 3.63) is 51.2 Å². The Balaban J connectivity index is 1.84. The van der Waals surface area contributed by atoms with Gasteiger partial charge in [0.15, 0.2) is 0 Å². The predicted octanol–water partition coefficient (Wildman–Crippen LogP) is 4.40. The zero-order chi connectivity index (χ0) is 14.8. The van der Waals surface area contributed by atoms with Crippen molar-refractivity contribution in [1.82, 2.24) is 0 Å². The Bertz CT molecular complexity index is 619. The molecule has 3 heteroatoms. The van der Waals surface area contributed by atoms with Crippen LogP contribution in [0.25, 0.3) is 0 Å². The maximum atomic E-state index is 6.30. The maximum Gasteiger partial charge on any atom is 0.148 e. The summed E-state index contributed by atoms with van der Waals surface area (Å²) in [6, 6.07) is 10.8. The Morgan fingerprint density at radius 1 is 1.19 bits per heavy atom. The number of rotatable bonds is 5. The number of thiophene rings is 1. The van der Waals surface area contributed by atoms with Crippen LogP contribution in [0.3, 0.4) is 0 Å². The fourth-order valence-electron chi connectivity index (χ4n) is 2.94. The lowest BCUT2D eigenvalue weighted by molar-refractivity contribution is 0.174. The average Bonchev–Trinajstić information content (AvgIpc) is 3.12. The summed E-state index contributed by atoms with van der Waals surface area (Å²) in [7, 11) is 0. The number of hydrogen-bond acceptors (Lipinski definition) is 3. The smallest absolute Gasteiger partial charge is 0.148 e. The second kappa shape index (κ2) is 6.20. The van der Waals surface area contributed by atoms with E-state index in [-0.39, 0.29) is 12.1 Å². The third-order valence-electron chi connectivity index (χ3n) is 4.23. The highest BCUT2D eigenvalue weighted by Crippen LogP contribution is 2.32. The molecule has 2 nitrogen and oxygen atoms in total. The first-order valence-electron chi connectivity index (χ1n) is 7.77. The monoisotopic (exact) mass is 301 g/mol. The van der Waals surface area contributed by atoms with Gasteiger partial charge in [0.25, 0.3) is 0 Å². The van der Waals surface area contributed by atoms with Gasteiger partial charge in [-0.1, -0.05) is 13.0 Å². The molecule has 0 radical (unpaired) electrons. The van der Waals surface area contributed by atoms with E-state index in [0.717, 1.165) is 12.2 Å². The van der Waals surface area contributed by atoms with E-state index in [2.05, 4.69) is 44.2 Å². The van der Waals surface area contributed by atoms with Crippen LogP contribution in [0, 0.1) is 6.92 Å². The van der Waals surface area contributed by atoms with Gasteiger partial charge in [0, 0.05) is 15.8 Å². The molecule has 1 aromatic carbocycles. The van der Waals surface area contributed by atoms with Crippen molar-refractivity contribution in [2.24, 2.45) is 5.73 Å². The molecule has 0 saturated heterocycles. The third kappa shape index (κ3) is 3.14. The molecule has 0 spiro atoms. The Labute approximate surface area is 130 Å². The number of nitrogens with two attached hydrogens (primary N) is 1. The minimum Gasteiger partial charge on any atom is -0.483 e. The molecule has 2 atom stereocenters. The minimum atomic E-state index is -0.0480. The first-order chi connectivity index (χ1) is 10.2. The van der Waals surface area contributed by atoms with Gasteiger partial charge < -0.3 is 10.5 Å². The summed E-state index contributed by atoms with van der Waals surface area (Å²) in [5.74, 6) is 0.954. The predicted molar refractivity (Wildman–Crippen MR) is 89.2 cm³/mol. The molecule has 0 fully saturated rings. The van der Waals surface area contributed by atoms with Crippen LogP contribution < -0.4 is 10.5 Å². The molecule has 0 amide bonds. The second-order valence-corrected chi connectivity index (χ2v) is 7.16. The molecule has 2 unspecified atom stereocenters. The van der Waals surface area contributed by atoms with E-state index >= 15 is 0 Å². The standard InChI is InChI=1S/C18H23NOS/c1-3-16(19)18(17-10-7-12(2)21-17)20-15-9-8-13-5-4-6-14(13)11-15/h7-11,16,18H,3-6,19H2,1-2H3. The molecular weight excluding hydrogens is 278 g/mol. The topological polar surface area (TPSA) is 35.2 Å². The molecule has 0 saturated carbocycles. The summed E-state index contributed by atoms with van der Waals surface area (Å²) in [6.07, 6.45) is 4.51. The lowest BCUT2D eigenvalue weighted by Gasteiger charge is -2.23. The molecule has 0 aliphatic heterocycles. The summed E-state index contributed by atoms with van der Waals surface area (Å²) in [5, 5.41) is 0. The summed E-state index contributed by atoms with van der Waals surface area (Å²) in [5.41, 5.74) is 9.22. The van der Waals surface area contributed by atoms with Gasteiger partial charge in [-0.05, 0) is 68.0 Å². The normalized spacial score (nSPS) is 16.5. The van der Waals surface area contributed by atoms with Crippen LogP contribution >= 0.6 is 11.3 Å². The fraction of sp³-hybridized carbons (Fsp3) is 0.444. The molecule has 1 aliphatic rings. The second-order valence-electron chi connectivity index (χ2n) is 5.84. The third-order valence-corrected chi connectivity index (χ3v) is 5.30. The van der Waals surface area contributed by atoms with Gasteiger partial charge in [-0.2, -0.15) is 0 Å². The molecule has 2 aromatic rings. The largest absolute Gasteiger partial charge is 0.483 e. The van der Waals surface area contributed by atoms with Crippen molar-refractivity contribution in [1.29, 1.82) is 0 Å². The Hall–Kier alpha value is -1.32. The van der Waals surface area contributed by atoms with Crippen molar-refractivity contribution < 1.29 is 4.74 Å². The highest BCUT2D eigenvalue weighted by atomic mass is 32.1. The van der Waals surface area contributed by atoms with Crippen molar-refractivity contribution >= 4 is 11.3 Å².